The molecule has 4 nitrogen and oxygen atoms in total. The summed E-state index contributed by atoms with van der Waals surface area (Å²) in [5.41, 5.74) is 0.949. The van der Waals surface area contributed by atoms with E-state index in [2.05, 4.69) is 17.1 Å². The number of phenols is 1. The average molecular weight is 351 g/mol. The Morgan fingerprint density at radius 1 is 1.27 bits per heavy atom. The Bertz CT molecular complexity index is 427. The zero-order chi connectivity index (χ0) is 14.4. The molecule has 1 atom stereocenters. The summed E-state index contributed by atoms with van der Waals surface area (Å²) >= 11 is 0. The van der Waals surface area contributed by atoms with Crippen LogP contribution in [0, 0.1) is 0 Å². The summed E-state index contributed by atoms with van der Waals surface area (Å²) in [5, 5.41) is 13.7. The second kappa shape index (κ2) is 10.9. The molecule has 128 valence electrons. The van der Waals surface area contributed by atoms with E-state index in [4.69, 9.17) is 4.74 Å². The Kier molecular flexibility index (Phi) is 10.6. The van der Waals surface area contributed by atoms with E-state index in [1.807, 2.05) is 12.1 Å². The van der Waals surface area contributed by atoms with Gasteiger partial charge in [0, 0.05) is 32.2 Å². The molecule has 1 aromatic rings. The molecule has 1 aromatic carbocycles. The van der Waals surface area contributed by atoms with Gasteiger partial charge in [0.1, 0.15) is 11.5 Å². The molecule has 2 rings (SSSR count). The number of aromatic hydroxyl groups is 1. The van der Waals surface area contributed by atoms with Crippen LogP contribution in [0.5, 0.6) is 11.5 Å². The Balaban J connectivity index is 0.00000220. The number of phenolic OH excluding ortho intramolecular Hbond substituents is 1. The summed E-state index contributed by atoms with van der Waals surface area (Å²) in [7, 11) is 1.67. The van der Waals surface area contributed by atoms with Crippen LogP contribution in [0.15, 0.2) is 18.2 Å². The number of ether oxygens (including phenoxy) is 1. The Morgan fingerprint density at radius 3 is 2.55 bits per heavy atom. The number of rotatable bonds is 6. The van der Waals surface area contributed by atoms with E-state index in [0.717, 1.165) is 50.3 Å². The molecule has 1 heterocycles. The van der Waals surface area contributed by atoms with Crippen LogP contribution in [0.4, 0.5) is 0 Å². The van der Waals surface area contributed by atoms with Crippen molar-refractivity contribution >= 4 is 24.8 Å². The lowest BCUT2D eigenvalue weighted by molar-refractivity contribution is 0.157. The maximum Gasteiger partial charge on any atom is 0.127 e. The number of nitrogens with zero attached hydrogens (tertiary/aromatic N) is 1. The number of halogens is 2. The second-order valence-corrected chi connectivity index (χ2v) is 5.34. The van der Waals surface area contributed by atoms with E-state index in [1.165, 1.54) is 6.42 Å². The fourth-order valence-electron chi connectivity index (χ4n) is 2.95. The van der Waals surface area contributed by atoms with Crippen molar-refractivity contribution in [3.63, 3.8) is 0 Å². The fourth-order valence-corrected chi connectivity index (χ4v) is 2.95. The molecule has 0 bridgehead atoms. The predicted molar refractivity (Wildman–Crippen MR) is 95.9 cm³/mol. The molecular weight excluding hydrogens is 323 g/mol. The van der Waals surface area contributed by atoms with Gasteiger partial charge in [-0.1, -0.05) is 25.8 Å². The maximum absolute atomic E-state index is 10.3. The van der Waals surface area contributed by atoms with Gasteiger partial charge >= 0.3 is 0 Å². The Morgan fingerprint density at radius 2 is 1.95 bits per heavy atom. The monoisotopic (exact) mass is 350 g/mol. The molecule has 6 heteroatoms. The highest BCUT2D eigenvalue weighted by atomic mass is 35.5. The standard InChI is InChI=1S/C16H26N2O2.2ClH/c1-3-4-6-13(18-11-9-17-10-12-18)16-14(19)7-5-8-15(16)20-2;;/h5,7-8,13,17,19H,3-4,6,9-12H2,1-2H3;2*1H/t13-;;/m0../s1. The third-order valence-electron chi connectivity index (χ3n) is 4.02. The molecular formula is C16H28Cl2N2O2. The molecule has 1 fully saturated rings. The van der Waals surface area contributed by atoms with Crippen LogP contribution in [-0.4, -0.2) is 43.3 Å². The minimum Gasteiger partial charge on any atom is -0.507 e. The number of methoxy groups -OCH3 is 1. The van der Waals surface area contributed by atoms with Crippen molar-refractivity contribution in [2.75, 3.05) is 33.3 Å². The van der Waals surface area contributed by atoms with Crippen LogP contribution in [0.3, 0.4) is 0 Å². The van der Waals surface area contributed by atoms with Crippen molar-refractivity contribution in [2.45, 2.75) is 32.2 Å². The zero-order valence-corrected chi connectivity index (χ0v) is 15.0. The summed E-state index contributed by atoms with van der Waals surface area (Å²) in [6.07, 6.45) is 3.38. The normalized spacial score (nSPS) is 16.3. The van der Waals surface area contributed by atoms with Crippen LogP contribution >= 0.6 is 24.8 Å². The molecule has 22 heavy (non-hydrogen) atoms. The Hall–Kier alpha value is -0.680. The van der Waals surface area contributed by atoms with Gasteiger partial charge in [0.2, 0.25) is 0 Å². The van der Waals surface area contributed by atoms with Gasteiger partial charge in [-0.15, -0.1) is 24.8 Å². The van der Waals surface area contributed by atoms with Gasteiger partial charge in [-0.05, 0) is 18.6 Å². The van der Waals surface area contributed by atoms with E-state index in [0.29, 0.717) is 5.75 Å². The van der Waals surface area contributed by atoms with Crippen molar-refractivity contribution < 1.29 is 9.84 Å². The molecule has 0 spiro atoms. The van der Waals surface area contributed by atoms with E-state index >= 15 is 0 Å². The lowest BCUT2D eigenvalue weighted by Crippen LogP contribution is -2.45. The highest BCUT2D eigenvalue weighted by Crippen LogP contribution is 2.39. The first-order valence-corrected chi connectivity index (χ1v) is 7.58. The van der Waals surface area contributed by atoms with E-state index < -0.39 is 0 Å². The second-order valence-electron chi connectivity index (χ2n) is 5.34. The van der Waals surface area contributed by atoms with Gasteiger partial charge in [-0.3, -0.25) is 4.90 Å². The number of benzene rings is 1. The molecule has 0 amide bonds. The van der Waals surface area contributed by atoms with E-state index in [-0.39, 0.29) is 30.9 Å². The smallest absolute Gasteiger partial charge is 0.127 e. The number of hydrogen-bond donors (Lipinski definition) is 2. The Labute approximate surface area is 146 Å². The molecule has 2 N–H and O–H groups in total. The first kappa shape index (κ1) is 21.3. The van der Waals surface area contributed by atoms with Crippen molar-refractivity contribution in [3.8, 4) is 11.5 Å². The maximum atomic E-state index is 10.3. The minimum atomic E-state index is 0. The number of unbranched alkanes of at least 4 members (excludes halogenated alkanes) is 1. The van der Waals surface area contributed by atoms with E-state index in [9.17, 15) is 5.11 Å². The van der Waals surface area contributed by atoms with Crippen LogP contribution in [0.2, 0.25) is 0 Å². The zero-order valence-electron chi connectivity index (χ0n) is 13.4. The van der Waals surface area contributed by atoms with Crippen molar-refractivity contribution in [2.24, 2.45) is 0 Å². The highest BCUT2D eigenvalue weighted by Gasteiger charge is 2.26. The first-order valence-electron chi connectivity index (χ1n) is 7.58. The summed E-state index contributed by atoms with van der Waals surface area (Å²) in [6.45, 7) is 6.27. The van der Waals surface area contributed by atoms with Crippen molar-refractivity contribution in [3.05, 3.63) is 23.8 Å². The van der Waals surface area contributed by atoms with Crippen LogP contribution in [0.25, 0.3) is 0 Å². The summed E-state index contributed by atoms with van der Waals surface area (Å²) in [4.78, 5) is 2.46. The van der Waals surface area contributed by atoms with E-state index in [1.54, 1.807) is 13.2 Å². The lowest BCUT2D eigenvalue weighted by Gasteiger charge is -2.36. The van der Waals surface area contributed by atoms with Crippen LogP contribution in [0.1, 0.15) is 37.8 Å². The van der Waals surface area contributed by atoms with Crippen LogP contribution < -0.4 is 10.1 Å². The number of nitrogens with one attached hydrogen (secondary N) is 1. The van der Waals surface area contributed by atoms with Gasteiger partial charge in [-0.25, -0.2) is 0 Å². The third-order valence-corrected chi connectivity index (χ3v) is 4.02. The topological polar surface area (TPSA) is 44.7 Å². The van der Waals surface area contributed by atoms with Gasteiger partial charge in [0.25, 0.3) is 0 Å². The predicted octanol–water partition coefficient (Wildman–Crippen LogP) is 3.38. The lowest BCUT2D eigenvalue weighted by atomic mass is 9.97. The third kappa shape index (κ3) is 5.20. The van der Waals surface area contributed by atoms with Crippen molar-refractivity contribution in [1.29, 1.82) is 0 Å². The molecule has 0 aliphatic carbocycles. The highest BCUT2D eigenvalue weighted by molar-refractivity contribution is 5.85. The van der Waals surface area contributed by atoms with Crippen molar-refractivity contribution in [1.82, 2.24) is 10.2 Å². The SMILES string of the molecule is CCCC[C@@H](c1c(O)cccc1OC)N1CCNCC1.Cl.Cl. The fraction of sp³-hybridized carbons (Fsp3) is 0.625. The van der Waals surface area contributed by atoms with Gasteiger partial charge < -0.3 is 15.2 Å². The molecule has 0 unspecified atom stereocenters. The van der Waals surface area contributed by atoms with Gasteiger partial charge in [0.05, 0.1) is 12.7 Å². The molecule has 1 saturated heterocycles. The molecule has 1 aliphatic heterocycles. The molecule has 0 radical (unpaired) electrons. The van der Waals surface area contributed by atoms with Gasteiger partial charge in [0.15, 0.2) is 0 Å². The first-order chi connectivity index (χ1) is 9.77. The molecule has 0 saturated carbocycles. The number of piperazine rings is 1. The molecule has 1 aliphatic rings. The van der Waals surface area contributed by atoms with Crippen LogP contribution in [-0.2, 0) is 0 Å². The van der Waals surface area contributed by atoms with Gasteiger partial charge in [-0.2, -0.15) is 0 Å². The summed E-state index contributed by atoms with van der Waals surface area (Å²) in [5.74, 6) is 1.15. The minimum absolute atomic E-state index is 0. The molecule has 0 aromatic heterocycles. The summed E-state index contributed by atoms with van der Waals surface area (Å²) in [6, 6.07) is 5.79. The quantitative estimate of drug-likeness (QED) is 0.825. The largest absolute Gasteiger partial charge is 0.507 e. The summed E-state index contributed by atoms with van der Waals surface area (Å²) < 4.78 is 5.48. The number of hydrogen-bond acceptors (Lipinski definition) is 4. The average Bonchev–Trinajstić information content (AvgIpc) is 2.50.